The Morgan fingerprint density at radius 1 is 0.826 bits per heavy atom. The fourth-order valence-electron chi connectivity index (χ4n) is 4.05. The predicted molar refractivity (Wildman–Crippen MR) is 98.4 cm³/mol. The van der Waals surface area contributed by atoms with E-state index in [9.17, 15) is 0 Å². The minimum atomic E-state index is 0.0538. The zero-order valence-corrected chi connectivity index (χ0v) is 14.5. The highest BCUT2D eigenvalue weighted by molar-refractivity contribution is 8.00. The van der Waals surface area contributed by atoms with Crippen molar-refractivity contribution in [3.05, 3.63) is 71.8 Å². The number of benzene rings is 2. The molecule has 1 nitrogen and oxygen atoms in total. The highest BCUT2D eigenvalue weighted by atomic mass is 32.2. The fraction of sp³-hybridized carbons (Fsp3) is 0.333. The Labute approximate surface area is 142 Å². The number of hydrogen-bond acceptors (Lipinski definition) is 1. The molecule has 1 heterocycles. The minimum Gasteiger partial charge on any atom is -0.373 e. The molecule has 1 aliphatic heterocycles. The van der Waals surface area contributed by atoms with Gasteiger partial charge in [-0.15, -0.1) is 0 Å². The predicted octanol–water partition coefficient (Wildman–Crippen LogP) is 5.07. The molecule has 0 amide bonds. The normalized spacial score (nSPS) is 23.7. The van der Waals surface area contributed by atoms with Crippen molar-refractivity contribution in [2.24, 2.45) is 5.92 Å². The summed E-state index contributed by atoms with van der Waals surface area (Å²) in [6.45, 7) is 0. The Kier molecular flexibility index (Phi) is 4.17. The molecular weight excluding hydrogens is 298 g/mol. The molecule has 0 bridgehead atoms. The van der Waals surface area contributed by atoms with Crippen molar-refractivity contribution in [2.45, 2.75) is 41.5 Å². The number of fused-ring (bicyclic) bond motifs is 1. The van der Waals surface area contributed by atoms with E-state index in [0.717, 1.165) is 12.0 Å². The minimum absolute atomic E-state index is 0.0538. The van der Waals surface area contributed by atoms with Crippen LogP contribution in [-0.4, -0.2) is 18.0 Å². The van der Waals surface area contributed by atoms with Gasteiger partial charge in [0.05, 0.1) is 23.0 Å². The van der Waals surface area contributed by atoms with Crippen LogP contribution in [0.2, 0.25) is 0 Å². The van der Waals surface area contributed by atoms with Gasteiger partial charge >= 0.3 is 0 Å². The van der Waals surface area contributed by atoms with Gasteiger partial charge in [0.1, 0.15) is 0 Å². The molecule has 2 atom stereocenters. The second-order valence-corrected chi connectivity index (χ2v) is 8.61. The van der Waals surface area contributed by atoms with Crippen LogP contribution in [0.1, 0.15) is 25.7 Å². The van der Waals surface area contributed by atoms with Crippen molar-refractivity contribution in [2.75, 3.05) is 7.05 Å². The lowest BCUT2D eigenvalue weighted by Gasteiger charge is -2.30. The first kappa shape index (κ1) is 14.9. The van der Waals surface area contributed by atoms with E-state index < -0.39 is 0 Å². The van der Waals surface area contributed by atoms with E-state index in [2.05, 4.69) is 78.8 Å². The average Bonchev–Trinajstić information content (AvgIpc) is 2.94. The summed E-state index contributed by atoms with van der Waals surface area (Å²) in [6, 6.07) is 22.9. The molecule has 1 saturated carbocycles. The molecule has 118 valence electrons. The summed E-state index contributed by atoms with van der Waals surface area (Å²) in [7, 11) is 2.33. The smallest absolute Gasteiger partial charge is 0.166 e. The third kappa shape index (κ3) is 2.81. The van der Waals surface area contributed by atoms with E-state index in [4.69, 9.17) is 0 Å². The van der Waals surface area contributed by atoms with Gasteiger partial charge in [0.2, 0.25) is 0 Å². The van der Waals surface area contributed by atoms with Gasteiger partial charge in [-0.05, 0) is 37.1 Å². The first-order chi connectivity index (χ1) is 11.3. The van der Waals surface area contributed by atoms with E-state index >= 15 is 0 Å². The maximum Gasteiger partial charge on any atom is 0.166 e. The molecule has 4 rings (SSSR count). The first-order valence-corrected chi connectivity index (χ1v) is 9.85. The standard InChI is InChI=1S/C21H24NS/c1-22-16-21(19-14-8-9-15-20(19)22)23(17-10-4-2-5-11-17)18-12-6-3-7-13-18/h2-7,10-13,16,19-20H,8-9,14-15H2,1H3/q+1. The highest BCUT2D eigenvalue weighted by Crippen LogP contribution is 2.45. The van der Waals surface area contributed by atoms with Crippen LogP contribution in [0.15, 0.2) is 81.6 Å². The van der Waals surface area contributed by atoms with Crippen LogP contribution in [0.5, 0.6) is 0 Å². The molecule has 23 heavy (non-hydrogen) atoms. The third-order valence-electron chi connectivity index (χ3n) is 5.14. The van der Waals surface area contributed by atoms with E-state index in [1.807, 2.05) is 0 Å². The van der Waals surface area contributed by atoms with Gasteiger partial charge in [-0.1, -0.05) is 49.2 Å². The third-order valence-corrected chi connectivity index (χ3v) is 7.51. The van der Waals surface area contributed by atoms with Crippen molar-refractivity contribution in [1.29, 1.82) is 0 Å². The second kappa shape index (κ2) is 6.45. The molecule has 0 aromatic heterocycles. The summed E-state index contributed by atoms with van der Waals surface area (Å²) < 4.78 is 0. The molecule has 2 aromatic rings. The van der Waals surface area contributed by atoms with Gasteiger partial charge in [0.25, 0.3) is 0 Å². The average molecular weight is 322 g/mol. The topological polar surface area (TPSA) is 3.24 Å². The number of rotatable bonds is 3. The van der Waals surface area contributed by atoms with Gasteiger partial charge in [-0.3, -0.25) is 0 Å². The molecule has 0 radical (unpaired) electrons. The molecular formula is C21H24NS+. The summed E-state index contributed by atoms with van der Waals surface area (Å²) >= 11 is 0. The lowest BCUT2D eigenvalue weighted by atomic mass is 9.86. The lowest BCUT2D eigenvalue weighted by Crippen LogP contribution is -2.32. The maximum atomic E-state index is 2.49. The SMILES string of the molecule is CN1C=C([S+](c2ccccc2)c2ccccc2)C2CCCCC21. The van der Waals surface area contributed by atoms with Gasteiger partial charge in [-0.2, -0.15) is 0 Å². The monoisotopic (exact) mass is 322 g/mol. The van der Waals surface area contributed by atoms with E-state index in [-0.39, 0.29) is 10.9 Å². The summed E-state index contributed by atoms with van der Waals surface area (Å²) in [5, 5.41) is 0. The quantitative estimate of drug-likeness (QED) is 0.713. The van der Waals surface area contributed by atoms with Crippen LogP contribution in [-0.2, 0) is 10.9 Å². The summed E-state index contributed by atoms with van der Waals surface area (Å²) in [6.07, 6.45) is 7.93. The second-order valence-electron chi connectivity index (χ2n) is 6.59. The van der Waals surface area contributed by atoms with Crippen LogP contribution >= 0.6 is 0 Å². The van der Waals surface area contributed by atoms with Crippen LogP contribution in [0, 0.1) is 5.92 Å². The summed E-state index contributed by atoms with van der Waals surface area (Å²) in [4.78, 5) is 7.04. The maximum absolute atomic E-state index is 2.49. The van der Waals surface area contributed by atoms with Gasteiger partial charge in [-0.25, -0.2) is 0 Å². The highest BCUT2D eigenvalue weighted by Gasteiger charge is 2.45. The molecule has 0 saturated heterocycles. The van der Waals surface area contributed by atoms with Crippen molar-refractivity contribution in [1.82, 2.24) is 4.90 Å². The van der Waals surface area contributed by atoms with Gasteiger partial charge < -0.3 is 4.90 Å². The molecule has 0 N–H and O–H groups in total. The Balaban J connectivity index is 1.78. The molecule has 0 spiro atoms. The lowest BCUT2D eigenvalue weighted by molar-refractivity contribution is 0.232. The van der Waals surface area contributed by atoms with Crippen molar-refractivity contribution >= 4 is 10.9 Å². The Morgan fingerprint density at radius 2 is 1.39 bits per heavy atom. The summed E-state index contributed by atoms with van der Waals surface area (Å²) in [5.74, 6) is 0.734. The van der Waals surface area contributed by atoms with E-state index in [1.165, 1.54) is 35.5 Å². The van der Waals surface area contributed by atoms with Crippen LogP contribution in [0.25, 0.3) is 0 Å². The van der Waals surface area contributed by atoms with Crippen molar-refractivity contribution in [3.63, 3.8) is 0 Å². The molecule has 1 fully saturated rings. The van der Waals surface area contributed by atoms with Gasteiger partial charge in [0, 0.05) is 13.1 Å². The summed E-state index contributed by atoms with van der Waals surface area (Å²) in [5.41, 5.74) is 0. The van der Waals surface area contributed by atoms with Crippen LogP contribution in [0.3, 0.4) is 0 Å². The van der Waals surface area contributed by atoms with Crippen molar-refractivity contribution in [3.8, 4) is 0 Å². The zero-order valence-electron chi connectivity index (χ0n) is 13.7. The zero-order chi connectivity index (χ0) is 15.6. The Bertz CT molecular complexity index is 640. The van der Waals surface area contributed by atoms with E-state index in [1.54, 1.807) is 4.91 Å². The Morgan fingerprint density at radius 3 is 2.00 bits per heavy atom. The molecule has 2 aliphatic rings. The van der Waals surface area contributed by atoms with Crippen LogP contribution < -0.4 is 0 Å². The number of hydrogen-bond donors (Lipinski definition) is 0. The molecule has 1 aliphatic carbocycles. The van der Waals surface area contributed by atoms with Crippen LogP contribution in [0.4, 0.5) is 0 Å². The van der Waals surface area contributed by atoms with Gasteiger partial charge in [0.15, 0.2) is 14.7 Å². The molecule has 2 aromatic carbocycles. The fourth-order valence-corrected chi connectivity index (χ4v) is 6.57. The molecule has 2 unspecified atom stereocenters. The Hall–Kier alpha value is -1.67. The van der Waals surface area contributed by atoms with Crippen molar-refractivity contribution < 1.29 is 0 Å². The first-order valence-electron chi connectivity index (χ1n) is 8.62. The molecule has 2 heteroatoms. The number of nitrogens with zero attached hydrogens (tertiary/aromatic N) is 1. The van der Waals surface area contributed by atoms with E-state index in [0.29, 0.717) is 0 Å². The largest absolute Gasteiger partial charge is 0.373 e.